The summed E-state index contributed by atoms with van der Waals surface area (Å²) in [6.45, 7) is 2.41. The fourth-order valence-corrected chi connectivity index (χ4v) is 1.84. The number of halogens is 1. The molecular formula is C11H15BrO2S. The van der Waals surface area contributed by atoms with E-state index in [1.54, 1.807) is 18.7 Å². The monoisotopic (exact) mass is 290 g/mol. The van der Waals surface area contributed by atoms with Gasteiger partial charge in [0.15, 0.2) is 0 Å². The van der Waals surface area contributed by atoms with Crippen LogP contribution < -0.4 is 4.74 Å². The van der Waals surface area contributed by atoms with Crippen molar-refractivity contribution in [3.8, 4) is 5.75 Å². The van der Waals surface area contributed by atoms with Gasteiger partial charge < -0.3 is 9.84 Å². The standard InChI is InChI=1S/C11H15BrO2S/c1-8(13)10-7-9(12)3-4-11(10)14-5-6-15-2/h3-4,7-8,13H,5-6H2,1-2H3/t8-/m0/s1. The van der Waals surface area contributed by atoms with Gasteiger partial charge in [0, 0.05) is 15.8 Å². The first-order valence-corrected chi connectivity index (χ1v) is 6.93. The average molecular weight is 291 g/mol. The molecule has 0 heterocycles. The van der Waals surface area contributed by atoms with E-state index in [1.165, 1.54) is 0 Å². The van der Waals surface area contributed by atoms with Crippen molar-refractivity contribution in [3.63, 3.8) is 0 Å². The predicted molar refractivity (Wildman–Crippen MR) is 68.7 cm³/mol. The highest BCUT2D eigenvalue weighted by Crippen LogP contribution is 2.28. The molecule has 1 aromatic rings. The Hall–Kier alpha value is -0.190. The molecule has 0 aliphatic heterocycles. The largest absolute Gasteiger partial charge is 0.492 e. The van der Waals surface area contributed by atoms with Crippen LogP contribution in [0, 0.1) is 0 Å². The Bertz CT molecular complexity index is 315. The molecular weight excluding hydrogens is 276 g/mol. The van der Waals surface area contributed by atoms with Gasteiger partial charge in [-0.15, -0.1) is 0 Å². The SMILES string of the molecule is CSCCOc1ccc(Br)cc1[C@H](C)O. The molecule has 15 heavy (non-hydrogen) atoms. The Morgan fingerprint density at radius 3 is 2.87 bits per heavy atom. The molecule has 0 aliphatic rings. The minimum absolute atomic E-state index is 0.508. The number of ether oxygens (including phenoxy) is 1. The van der Waals surface area contributed by atoms with Crippen LogP contribution in [0.5, 0.6) is 5.75 Å². The minimum atomic E-state index is -0.508. The topological polar surface area (TPSA) is 29.5 Å². The van der Waals surface area contributed by atoms with Crippen LogP contribution in [0.2, 0.25) is 0 Å². The van der Waals surface area contributed by atoms with Crippen molar-refractivity contribution in [1.29, 1.82) is 0 Å². The van der Waals surface area contributed by atoms with Gasteiger partial charge in [0.1, 0.15) is 5.75 Å². The van der Waals surface area contributed by atoms with Crippen molar-refractivity contribution in [2.24, 2.45) is 0 Å². The van der Waals surface area contributed by atoms with Gasteiger partial charge in [-0.2, -0.15) is 11.8 Å². The summed E-state index contributed by atoms with van der Waals surface area (Å²) in [5.41, 5.74) is 0.825. The Kier molecular flexibility index (Phi) is 5.50. The maximum atomic E-state index is 9.58. The quantitative estimate of drug-likeness (QED) is 0.844. The first-order valence-electron chi connectivity index (χ1n) is 4.74. The van der Waals surface area contributed by atoms with Crippen LogP contribution in [-0.2, 0) is 0 Å². The van der Waals surface area contributed by atoms with Crippen LogP contribution in [-0.4, -0.2) is 23.7 Å². The average Bonchev–Trinajstić information content (AvgIpc) is 2.20. The van der Waals surface area contributed by atoms with Gasteiger partial charge in [-0.25, -0.2) is 0 Å². The molecule has 0 saturated heterocycles. The number of aliphatic hydroxyl groups is 1. The van der Waals surface area contributed by atoms with Gasteiger partial charge in [0.25, 0.3) is 0 Å². The third kappa shape index (κ3) is 4.05. The molecule has 4 heteroatoms. The van der Waals surface area contributed by atoms with Crippen LogP contribution in [0.15, 0.2) is 22.7 Å². The lowest BCUT2D eigenvalue weighted by Crippen LogP contribution is -2.03. The van der Waals surface area contributed by atoms with E-state index in [1.807, 2.05) is 24.5 Å². The number of thioether (sulfide) groups is 1. The molecule has 0 fully saturated rings. The highest BCUT2D eigenvalue weighted by molar-refractivity contribution is 9.10. The first kappa shape index (κ1) is 12.9. The third-order valence-electron chi connectivity index (χ3n) is 1.97. The van der Waals surface area contributed by atoms with Crippen molar-refractivity contribution in [1.82, 2.24) is 0 Å². The number of rotatable bonds is 5. The van der Waals surface area contributed by atoms with Crippen LogP contribution in [0.25, 0.3) is 0 Å². The Morgan fingerprint density at radius 2 is 2.27 bits per heavy atom. The Labute approximate surface area is 103 Å². The number of hydrogen-bond donors (Lipinski definition) is 1. The molecule has 1 N–H and O–H groups in total. The number of hydrogen-bond acceptors (Lipinski definition) is 3. The van der Waals surface area contributed by atoms with Gasteiger partial charge in [-0.3, -0.25) is 0 Å². The second-order valence-electron chi connectivity index (χ2n) is 3.20. The van der Waals surface area contributed by atoms with Crippen LogP contribution >= 0.6 is 27.7 Å². The van der Waals surface area contributed by atoms with Gasteiger partial charge in [0.05, 0.1) is 12.7 Å². The van der Waals surface area contributed by atoms with Crippen molar-refractivity contribution in [2.75, 3.05) is 18.6 Å². The van der Waals surface area contributed by atoms with Gasteiger partial charge in [-0.1, -0.05) is 15.9 Å². The second kappa shape index (κ2) is 6.40. The summed E-state index contributed by atoms with van der Waals surface area (Å²) >= 11 is 5.12. The van der Waals surface area contributed by atoms with Gasteiger partial charge >= 0.3 is 0 Å². The van der Waals surface area contributed by atoms with E-state index in [2.05, 4.69) is 15.9 Å². The van der Waals surface area contributed by atoms with E-state index in [4.69, 9.17) is 4.74 Å². The lowest BCUT2D eigenvalue weighted by atomic mass is 10.1. The van der Waals surface area contributed by atoms with E-state index in [0.29, 0.717) is 6.61 Å². The Balaban J connectivity index is 2.77. The molecule has 1 atom stereocenters. The zero-order valence-electron chi connectivity index (χ0n) is 8.87. The lowest BCUT2D eigenvalue weighted by Gasteiger charge is -2.13. The maximum absolute atomic E-state index is 9.58. The summed E-state index contributed by atoms with van der Waals surface area (Å²) in [6, 6.07) is 5.69. The summed E-state index contributed by atoms with van der Waals surface area (Å²) in [7, 11) is 0. The smallest absolute Gasteiger partial charge is 0.125 e. The molecule has 0 aromatic heterocycles. The molecule has 0 radical (unpaired) electrons. The molecule has 0 bridgehead atoms. The first-order chi connectivity index (χ1) is 7.15. The summed E-state index contributed by atoms with van der Waals surface area (Å²) in [5.74, 6) is 1.72. The van der Waals surface area contributed by atoms with Gasteiger partial charge in [0.2, 0.25) is 0 Å². The molecule has 0 spiro atoms. The zero-order chi connectivity index (χ0) is 11.3. The molecule has 0 aliphatic carbocycles. The van der Waals surface area contributed by atoms with Crippen molar-refractivity contribution in [2.45, 2.75) is 13.0 Å². The highest BCUT2D eigenvalue weighted by atomic mass is 79.9. The Morgan fingerprint density at radius 1 is 1.53 bits per heavy atom. The summed E-state index contributed by atoms with van der Waals surface area (Å²) in [6.07, 6.45) is 1.53. The maximum Gasteiger partial charge on any atom is 0.125 e. The fraction of sp³-hybridized carbons (Fsp3) is 0.455. The normalized spacial score (nSPS) is 12.5. The van der Waals surface area contributed by atoms with E-state index < -0.39 is 6.10 Å². The molecule has 84 valence electrons. The number of aliphatic hydroxyl groups excluding tert-OH is 1. The van der Waals surface area contributed by atoms with E-state index in [0.717, 1.165) is 21.5 Å². The van der Waals surface area contributed by atoms with E-state index >= 15 is 0 Å². The third-order valence-corrected chi connectivity index (χ3v) is 3.04. The molecule has 0 amide bonds. The zero-order valence-corrected chi connectivity index (χ0v) is 11.3. The van der Waals surface area contributed by atoms with Crippen LogP contribution in [0.1, 0.15) is 18.6 Å². The minimum Gasteiger partial charge on any atom is -0.492 e. The van der Waals surface area contributed by atoms with Crippen molar-refractivity contribution >= 4 is 27.7 Å². The van der Waals surface area contributed by atoms with E-state index in [-0.39, 0.29) is 0 Å². The summed E-state index contributed by atoms with van der Waals surface area (Å²) in [5, 5.41) is 9.58. The van der Waals surface area contributed by atoms with Crippen molar-refractivity contribution in [3.05, 3.63) is 28.2 Å². The predicted octanol–water partition coefficient (Wildman–Crippen LogP) is 3.24. The number of benzene rings is 1. The summed E-state index contributed by atoms with van der Waals surface area (Å²) in [4.78, 5) is 0. The van der Waals surface area contributed by atoms with Crippen LogP contribution in [0.4, 0.5) is 0 Å². The molecule has 2 nitrogen and oxygen atoms in total. The highest BCUT2D eigenvalue weighted by Gasteiger charge is 2.09. The summed E-state index contributed by atoms with van der Waals surface area (Å²) < 4.78 is 6.55. The molecule has 0 saturated carbocycles. The van der Waals surface area contributed by atoms with Crippen LogP contribution in [0.3, 0.4) is 0 Å². The van der Waals surface area contributed by atoms with Gasteiger partial charge in [-0.05, 0) is 31.4 Å². The molecule has 1 aromatic carbocycles. The second-order valence-corrected chi connectivity index (χ2v) is 5.10. The van der Waals surface area contributed by atoms with Crippen molar-refractivity contribution < 1.29 is 9.84 Å². The fourth-order valence-electron chi connectivity index (χ4n) is 1.21. The molecule has 0 unspecified atom stereocenters. The van der Waals surface area contributed by atoms with E-state index in [9.17, 15) is 5.11 Å². The lowest BCUT2D eigenvalue weighted by molar-refractivity contribution is 0.192. The molecule has 1 rings (SSSR count).